The van der Waals surface area contributed by atoms with Gasteiger partial charge in [0.1, 0.15) is 11.0 Å². The first-order chi connectivity index (χ1) is 12.9. The fourth-order valence-corrected chi connectivity index (χ4v) is 3.29. The lowest BCUT2D eigenvalue weighted by Gasteiger charge is -2.25. The van der Waals surface area contributed by atoms with Gasteiger partial charge in [-0.1, -0.05) is 54.1 Å². The molecule has 0 bridgehead atoms. The van der Waals surface area contributed by atoms with E-state index in [0.29, 0.717) is 23.0 Å². The van der Waals surface area contributed by atoms with Crippen LogP contribution in [-0.2, 0) is 6.54 Å². The summed E-state index contributed by atoms with van der Waals surface area (Å²) in [4.78, 5) is 14.6. The zero-order valence-corrected chi connectivity index (χ0v) is 16.2. The predicted molar refractivity (Wildman–Crippen MR) is 104 cm³/mol. The molecule has 6 heteroatoms. The molecule has 0 fully saturated rings. The zero-order chi connectivity index (χ0) is 19.6. The number of nitrogens with zero attached hydrogens (tertiary/aromatic N) is 3. The topological polar surface area (TPSA) is 38.1 Å². The minimum absolute atomic E-state index is 0.214. The van der Waals surface area contributed by atoms with E-state index in [9.17, 15) is 9.18 Å². The second-order valence-corrected chi connectivity index (χ2v) is 6.90. The molecule has 4 nitrogen and oxygen atoms in total. The molecular formula is C21H21ClFN3O. The van der Waals surface area contributed by atoms with Crippen LogP contribution in [0.1, 0.15) is 40.1 Å². The predicted octanol–water partition coefficient (Wildman–Crippen LogP) is 4.87. The molecule has 0 spiro atoms. The van der Waals surface area contributed by atoms with Gasteiger partial charge >= 0.3 is 0 Å². The smallest absolute Gasteiger partial charge is 0.259 e. The molecule has 0 saturated heterocycles. The molecule has 0 N–H and O–H groups in total. The monoisotopic (exact) mass is 385 g/mol. The lowest BCUT2D eigenvalue weighted by molar-refractivity contribution is 0.0742. The quantitative estimate of drug-likeness (QED) is 0.628. The van der Waals surface area contributed by atoms with Crippen LogP contribution in [0.4, 0.5) is 4.39 Å². The third-order valence-electron chi connectivity index (χ3n) is 4.71. The molecular weight excluding hydrogens is 365 g/mol. The standard InChI is InChI=1S/C21H21ClFN3O/c1-14-19(20(22)26(24-14)13-16-7-5-4-6-8-16)21(27)25(3)15(2)17-9-11-18(23)12-10-17/h4-12,15H,13H2,1-3H3. The van der Waals surface area contributed by atoms with Gasteiger partial charge in [0.2, 0.25) is 0 Å². The van der Waals surface area contributed by atoms with Crippen LogP contribution in [0.15, 0.2) is 54.6 Å². The highest BCUT2D eigenvalue weighted by molar-refractivity contribution is 6.33. The molecule has 0 aliphatic carbocycles. The molecule has 0 aliphatic rings. The van der Waals surface area contributed by atoms with Crippen LogP contribution < -0.4 is 0 Å². The highest BCUT2D eigenvalue weighted by Crippen LogP contribution is 2.26. The van der Waals surface area contributed by atoms with Crippen molar-refractivity contribution in [3.63, 3.8) is 0 Å². The fraction of sp³-hybridized carbons (Fsp3) is 0.238. The van der Waals surface area contributed by atoms with Gasteiger partial charge in [0.05, 0.1) is 23.8 Å². The number of amides is 1. The fourth-order valence-electron chi connectivity index (χ4n) is 2.97. The van der Waals surface area contributed by atoms with Crippen molar-refractivity contribution in [2.75, 3.05) is 7.05 Å². The molecule has 1 amide bonds. The minimum Gasteiger partial charge on any atom is -0.335 e. The average Bonchev–Trinajstić information content (AvgIpc) is 2.94. The Bertz CT molecular complexity index is 938. The van der Waals surface area contributed by atoms with Crippen LogP contribution >= 0.6 is 11.6 Å². The van der Waals surface area contributed by atoms with Crippen LogP contribution in [-0.4, -0.2) is 27.6 Å². The molecule has 1 heterocycles. The third-order valence-corrected chi connectivity index (χ3v) is 5.09. The number of aromatic nitrogens is 2. The van der Waals surface area contributed by atoms with E-state index >= 15 is 0 Å². The van der Waals surface area contributed by atoms with Crippen molar-refractivity contribution in [3.05, 3.63) is 88.0 Å². The maximum atomic E-state index is 13.2. The SMILES string of the molecule is Cc1nn(Cc2ccccc2)c(Cl)c1C(=O)N(C)C(C)c1ccc(F)cc1. The van der Waals surface area contributed by atoms with Crippen molar-refractivity contribution in [2.24, 2.45) is 0 Å². The Hall–Kier alpha value is -2.66. The van der Waals surface area contributed by atoms with Gasteiger partial charge in [0.25, 0.3) is 5.91 Å². The Balaban J connectivity index is 1.84. The van der Waals surface area contributed by atoms with E-state index in [4.69, 9.17) is 11.6 Å². The molecule has 2 aromatic carbocycles. The maximum Gasteiger partial charge on any atom is 0.259 e. The number of benzene rings is 2. The Morgan fingerprint density at radius 1 is 1.19 bits per heavy atom. The van der Waals surface area contributed by atoms with Crippen LogP contribution in [0.2, 0.25) is 5.15 Å². The van der Waals surface area contributed by atoms with Gasteiger partial charge in [-0.15, -0.1) is 0 Å². The van der Waals surface area contributed by atoms with Crippen molar-refractivity contribution < 1.29 is 9.18 Å². The number of halogens is 2. The molecule has 140 valence electrons. The number of carbonyl (C=O) groups excluding carboxylic acids is 1. The summed E-state index contributed by atoms with van der Waals surface area (Å²) in [6, 6.07) is 15.7. The molecule has 0 saturated carbocycles. The van der Waals surface area contributed by atoms with Crippen molar-refractivity contribution >= 4 is 17.5 Å². The minimum atomic E-state index is -0.305. The molecule has 1 unspecified atom stereocenters. The van der Waals surface area contributed by atoms with Crippen molar-refractivity contribution in [1.29, 1.82) is 0 Å². The highest BCUT2D eigenvalue weighted by atomic mass is 35.5. The van der Waals surface area contributed by atoms with E-state index in [2.05, 4.69) is 5.10 Å². The number of hydrogen-bond donors (Lipinski definition) is 0. The van der Waals surface area contributed by atoms with Crippen molar-refractivity contribution in [1.82, 2.24) is 14.7 Å². The summed E-state index contributed by atoms with van der Waals surface area (Å²) in [6.45, 7) is 4.16. The van der Waals surface area contributed by atoms with Crippen LogP contribution in [0.3, 0.4) is 0 Å². The Morgan fingerprint density at radius 3 is 2.44 bits per heavy atom. The summed E-state index contributed by atoms with van der Waals surface area (Å²) in [7, 11) is 1.71. The van der Waals surface area contributed by atoms with Gasteiger partial charge in [0, 0.05) is 7.05 Å². The zero-order valence-electron chi connectivity index (χ0n) is 15.5. The Labute approximate surface area is 163 Å². The van der Waals surface area contributed by atoms with E-state index in [1.165, 1.54) is 12.1 Å². The average molecular weight is 386 g/mol. The van der Waals surface area contributed by atoms with E-state index in [1.807, 2.05) is 37.3 Å². The van der Waals surface area contributed by atoms with Crippen LogP contribution in [0.25, 0.3) is 0 Å². The largest absolute Gasteiger partial charge is 0.335 e. The summed E-state index contributed by atoms with van der Waals surface area (Å²) in [5.74, 6) is -0.519. The van der Waals surface area contributed by atoms with Gasteiger partial charge in [-0.25, -0.2) is 9.07 Å². The summed E-state index contributed by atoms with van der Waals surface area (Å²) < 4.78 is 14.8. The first kappa shape index (κ1) is 19.1. The Kier molecular flexibility index (Phi) is 5.61. The molecule has 1 atom stereocenters. The van der Waals surface area contributed by atoms with Gasteiger partial charge in [0.15, 0.2) is 0 Å². The highest BCUT2D eigenvalue weighted by Gasteiger charge is 2.26. The van der Waals surface area contributed by atoms with E-state index in [1.54, 1.807) is 35.7 Å². The van der Waals surface area contributed by atoms with Gasteiger partial charge in [-0.3, -0.25) is 4.79 Å². The number of carbonyl (C=O) groups is 1. The normalized spacial score (nSPS) is 12.0. The van der Waals surface area contributed by atoms with Crippen molar-refractivity contribution in [3.8, 4) is 0 Å². The van der Waals surface area contributed by atoms with E-state index in [-0.39, 0.29) is 17.8 Å². The lowest BCUT2D eigenvalue weighted by Crippen LogP contribution is -2.30. The molecule has 3 rings (SSSR count). The number of hydrogen-bond acceptors (Lipinski definition) is 2. The molecule has 0 aliphatic heterocycles. The first-order valence-electron chi connectivity index (χ1n) is 8.68. The van der Waals surface area contributed by atoms with E-state index < -0.39 is 0 Å². The molecule has 1 aromatic heterocycles. The molecule has 3 aromatic rings. The number of aryl methyl sites for hydroxylation is 1. The maximum absolute atomic E-state index is 13.2. The first-order valence-corrected chi connectivity index (χ1v) is 9.05. The van der Waals surface area contributed by atoms with Crippen molar-refractivity contribution in [2.45, 2.75) is 26.4 Å². The Morgan fingerprint density at radius 2 is 1.81 bits per heavy atom. The lowest BCUT2D eigenvalue weighted by atomic mass is 10.1. The van der Waals surface area contributed by atoms with Crippen LogP contribution in [0, 0.1) is 12.7 Å². The summed E-state index contributed by atoms with van der Waals surface area (Å²) in [6.07, 6.45) is 0. The van der Waals surface area contributed by atoms with E-state index in [0.717, 1.165) is 11.1 Å². The third kappa shape index (κ3) is 4.03. The number of rotatable bonds is 5. The van der Waals surface area contributed by atoms with Gasteiger partial charge < -0.3 is 4.90 Å². The summed E-state index contributed by atoms with van der Waals surface area (Å²) in [5.41, 5.74) is 2.87. The van der Waals surface area contributed by atoms with Gasteiger partial charge in [-0.05, 0) is 37.1 Å². The van der Waals surface area contributed by atoms with Crippen LogP contribution in [0.5, 0.6) is 0 Å². The summed E-state index contributed by atoms with van der Waals surface area (Å²) >= 11 is 6.49. The van der Waals surface area contributed by atoms with Gasteiger partial charge in [-0.2, -0.15) is 5.10 Å². The molecule has 0 radical (unpaired) electrons. The molecule has 27 heavy (non-hydrogen) atoms. The summed E-state index contributed by atoms with van der Waals surface area (Å²) in [5, 5.41) is 4.76. The second kappa shape index (κ2) is 7.92. The second-order valence-electron chi connectivity index (χ2n) is 6.54.